The summed E-state index contributed by atoms with van der Waals surface area (Å²) in [4.78, 5) is 4.26. The molecule has 2 rings (SSSR count). The molecule has 0 fully saturated rings. The van der Waals surface area contributed by atoms with Gasteiger partial charge in [-0.05, 0) is 18.1 Å². The van der Waals surface area contributed by atoms with Gasteiger partial charge in [-0.15, -0.1) is 0 Å². The van der Waals surface area contributed by atoms with Crippen molar-refractivity contribution < 1.29 is 4.52 Å². The van der Waals surface area contributed by atoms with Crippen LogP contribution in [0, 0.1) is 5.92 Å². The van der Waals surface area contributed by atoms with Gasteiger partial charge in [0, 0.05) is 0 Å². The Kier molecular flexibility index (Phi) is 3.90. The van der Waals surface area contributed by atoms with Crippen LogP contribution >= 0.6 is 23.2 Å². The highest BCUT2D eigenvalue weighted by Crippen LogP contribution is 2.33. The monoisotopic (exact) mass is 285 g/mol. The standard InChI is InChI=1S/C12H13Cl2N3O/c1-6(2)10(15)11-16-12(18-17-11)7-4-3-5-8(13)9(7)14/h3-6,10H,15H2,1-2H3. The van der Waals surface area contributed by atoms with Crippen molar-refractivity contribution in [2.24, 2.45) is 11.7 Å². The molecule has 1 unspecified atom stereocenters. The van der Waals surface area contributed by atoms with Crippen LogP contribution in [0.15, 0.2) is 22.7 Å². The fourth-order valence-corrected chi connectivity index (χ4v) is 1.83. The molecule has 0 aliphatic carbocycles. The molecule has 4 nitrogen and oxygen atoms in total. The minimum atomic E-state index is -0.263. The van der Waals surface area contributed by atoms with Gasteiger partial charge in [0.15, 0.2) is 5.82 Å². The maximum atomic E-state index is 6.09. The van der Waals surface area contributed by atoms with Gasteiger partial charge in [0.2, 0.25) is 0 Å². The number of rotatable bonds is 3. The fourth-order valence-electron chi connectivity index (χ4n) is 1.45. The summed E-state index contributed by atoms with van der Waals surface area (Å²) in [6.07, 6.45) is 0. The van der Waals surface area contributed by atoms with E-state index in [1.54, 1.807) is 18.2 Å². The molecule has 1 heterocycles. The molecule has 0 aliphatic heterocycles. The van der Waals surface area contributed by atoms with E-state index in [1.165, 1.54) is 0 Å². The van der Waals surface area contributed by atoms with Crippen LogP contribution in [0.2, 0.25) is 10.0 Å². The topological polar surface area (TPSA) is 64.9 Å². The highest BCUT2D eigenvalue weighted by molar-refractivity contribution is 6.43. The Morgan fingerprint density at radius 1 is 1.28 bits per heavy atom. The van der Waals surface area contributed by atoms with Crippen molar-refractivity contribution >= 4 is 23.2 Å². The van der Waals surface area contributed by atoms with Gasteiger partial charge in [-0.2, -0.15) is 4.98 Å². The van der Waals surface area contributed by atoms with E-state index < -0.39 is 0 Å². The molecule has 0 radical (unpaired) electrons. The smallest absolute Gasteiger partial charge is 0.259 e. The molecular formula is C12H13Cl2N3O. The predicted octanol–water partition coefficient (Wildman–Crippen LogP) is 3.70. The molecule has 1 atom stereocenters. The lowest BCUT2D eigenvalue weighted by atomic mass is 10.1. The quantitative estimate of drug-likeness (QED) is 0.934. The molecule has 0 saturated heterocycles. The second-order valence-electron chi connectivity index (χ2n) is 4.33. The number of nitrogens with zero attached hydrogens (tertiary/aromatic N) is 2. The van der Waals surface area contributed by atoms with Crippen molar-refractivity contribution in [3.8, 4) is 11.5 Å². The van der Waals surface area contributed by atoms with Crippen LogP contribution in [0.4, 0.5) is 0 Å². The summed E-state index contributed by atoms with van der Waals surface area (Å²) in [6.45, 7) is 3.99. The first kappa shape index (κ1) is 13.3. The van der Waals surface area contributed by atoms with Gasteiger partial charge < -0.3 is 10.3 Å². The van der Waals surface area contributed by atoms with Gasteiger partial charge in [0.25, 0.3) is 5.89 Å². The minimum absolute atomic E-state index is 0.227. The average Bonchev–Trinajstić information content (AvgIpc) is 2.80. The highest BCUT2D eigenvalue weighted by Gasteiger charge is 2.19. The van der Waals surface area contributed by atoms with E-state index in [0.29, 0.717) is 27.3 Å². The predicted molar refractivity (Wildman–Crippen MR) is 71.5 cm³/mol. The van der Waals surface area contributed by atoms with Crippen LogP contribution in [0.1, 0.15) is 25.7 Å². The van der Waals surface area contributed by atoms with E-state index in [2.05, 4.69) is 10.1 Å². The Morgan fingerprint density at radius 2 is 2.00 bits per heavy atom. The molecule has 2 N–H and O–H groups in total. The Morgan fingerprint density at radius 3 is 2.67 bits per heavy atom. The Labute approximate surface area is 115 Å². The van der Waals surface area contributed by atoms with Gasteiger partial charge in [-0.3, -0.25) is 0 Å². The zero-order chi connectivity index (χ0) is 13.3. The Hall–Kier alpha value is -1.10. The number of hydrogen-bond acceptors (Lipinski definition) is 4. The van der Waals surface area contributed by atoms with Gasteiger partial charge in [0.1, 0.15) is 0 Å². The molecule has 2 aromatic rings. The van der Waals surface area contributed by atoms with E-state index in [0.717, 1.165) is 0 Å². The van der Waals surface area contributed by atoms with E-state index in [-0.39, 0.29) is 12.0 Å². The third-order valence-electron chi connectivity index (χ3n) is 2.64. The van der Waals surface area contributed by atoms with E-state index >= 15 is 0 Å². The van der Waals surface area contributed by atoms with Gasteiger partial charge in [-0.1, -0.05) is 48.3 Å². The number of aromatic nitrogens is 2. The fraction of sp³-hybridized carbons (Fsp3) is 0.333. The normalized spacial score (nSPS) is 13.0. The van der Waals surface area contributed by atoms with Crippen LogP contribution in [0.5, 0.6) is 0 Å². The second kappa shape index (κ2) is 5.26. The van der Waals surface area contributed by atoms with Crippen molar-refractivity contribution in [2.45, 2.75) is 19.9 Å². The zero-order valence-corrected chi connectivity index (χ0v) is 11.5. The first-order valence-electron chi connectivity index (χ1n) is 5.54. The summed E-state index contributed by atoms with van der Waals surface area (Å²) in [7, 11) is 0. The molecule has 0 saturated carbocycles. The number of halogens is 2. The molecule has 0 amide bonds. The lowest BCUT2D eigenvalue weighted by Crippen LogP contribution is -2.18. The Balaban J connectivity index is 2.38. The summed E-state index contributed by atoms with van der Waals surface area (Å²) in [6, 6.07) is 4.98. The summed E-state index contributed by atoms with van der Waals surface area (Å²) in [5.41, 5.74) is 6.56. The third kappa shape index (κ3) is 2.51. The average molecular weight is 286 g/mol. The maximum absolute atomic E-state index is 6.09. The van der Waals surface area contributed by atoms with Crippen molar-refractivity contribution in [2.75, 3.05) is 0 Å². The molecule has 1 aromatic heterocycles. The molecule has 0 bridgehead atoms. The van der Waals surface area contributed by atoms with Crippen LogP contribution < -0.4 is 5.73 Å². The molecule has 96 valence electrons. The lowest BCUT2D eigenvalue weighted by molar-refractivity contribution is 0.400. The molecule has 0 spiro atoms. The molecular weight excluding hydrogens is 273 g/mol. The van der Waals surface area contributed by atoms with Gasteiger partial charge >= 0.3 is 0 Å². The van der Waals surface area contributed by atoms with Crippen LogP contribution in [0.3, 0.4) is 0 Å². The number of benzene rings is 1. The van der Waals surface area contributed by atoms with Crippen LogP contribution in [0.25, 0.3) is 11.5 Å². The minimum Gasteiger partial charge on any atom is -0.334 e. The van der Waals surface area contributed by atoms with Gasteiger partial charge in [0.05, 0.1) is 21.7 Å². The summed E-state index contributed by atoms with van der Waals surface area (Å²) in [5, 5.41) is 4.71. The Bertz CT molecular complexity index is 554. The molecule has 1 aromatic carbocycles. The highest BCUT2D eigenvalue weighted by atomic mass is 35.5. The molecule has 0 aliphatic rings. The van der Waals surface area contributed by atoms with E-state index in [4.69, 9.17) is 33.5 Å². The van der Waals surface area contributed by atoms with Crippen molar-refractivity contribution in [3.63, 3.8) is 0 Å². The first-order chi connectivity index (χ1) is 8.50. The zero-order valence-electron chi connectivity index (χ0n) is 10.0. The number of hydrogen-bond donors (Lipinski definition) is 1. The SMILES string of the molecule is CC(C)C(N)c1noc(-c2cccc(Cl)c2Cl)n1. The largest absolute Gasteiger partial charge is 0.334 e. The maximum Gasteiger partial charge on any atom is 0.259 e. The number of nitrogens with two attached hydrogens (primary N) is 1. The van der Waals surface area contributed by atoms with E-state index in [1.807, 2.05) is 13.8 Å². The summed E-state index contributed by atoms with van der Waals surface area (Å²) < 4.78 is 5.17. The van der Waals surface area contributed by atoms with Crippen molar-refractivity contribution in [1.82, 2.24) is 10.1 Å². The molecule has 18 heavy (non-hydrogen) atoms. The first-order valence-corrected chi connectivity index (χ1v) is 6.30. The summed E-state index contributed by atoms with van der Waals surface area (Å²) >= 11 is 12.0. The van der Waals surface area contributed by atoms with Gasteiger partial charge in [-0.25, -0.2) is 0 Å². The van der Waals surface area contributed by atoms with E-state index in [9.17, 15) is 0 Å². The van der Waals surface area contributed by atoms with Crippen LogP contribution in [-0.4, -0.2) is 10.1 Å². The van der Waals surface area contributed by atoms with Crippen LogP contribution in [-0.2, 0) is 0 Å². The van der Waals surface area contributed by atoms with Crippen molar-refractivity contribution in [3.05, 3.63) is 34.1 Å². The van der Waals surface area contributed by atoms with Crippen molar-refractivity contribution in [1.29, 1.82) is 0 Å². The second-order valence-corrected chi connectivity index (χ2v) is 5.11. The molecule has 6 heteroatoms. The lowest BCUT2D eigenvalue weighted by Gasteiger charge is -2.09. The third-order valence-corrected chi connectivity index (χ3v) is 3.46. The summed E-state index contributed by atoms with van der Waals surface area (Å²) in [5.74, 6) is 1.02.